The van der Waals surface area contributed by atoms with Crippen LogP contribution in [-0.2, 0) is 10.4 Å². The van der Waals surface area contributed by atoms with E-state index in [4.69, 9.17) is 13.7 Å². The van der Waals surface area contributed by atoms with E-state index in [0.29, 0.717) is 17.0 Å². The zero-order valence-corrected chi connectivity index (χ0v) is 16.5. The molecule has 0 aliphatic heterocycles. The van der Waals surface area contributed by atoms with Crippen molar-refractivity contribution in [1.29, 1.82) is 0 Å². The minimum Gasteiger partial charge on any atom is -0.497 e. The molecule has 0 unspecified atom stereocenters. The molecule has 0 aliphatic carbocycles. The SMILES string of the molecule is COc1ccc(-c2coc3cc(OS(=O)(=O)O)ccc3c2=O)c(N=NN(C)C)c1. The first-order valence-corrected chi connectivity index (χ1v) is 9.54. The van der Waals surface area contributed by atoms with E-state index in [1.54, 1.807) is 32.3 Å². The van der Waals surface area contributed by atoms with Crippen molar-refractivity contribution in [1.82, 2.24) is 5.01 Å². The molecule has 1 heterocycles. The molecule has 1 N–H and O–H groups in total. The van der Waals surface area contributed by atoms with Crippen molar-refractivity contribution in [3.05, 3.63) is 52.9 Å². The molecule has 0 saturated heterocycles. The summed E-state index contributed by atoms with van der Waals surface area (Å²) in [4.78, 5) is 13.0. The van der Waals surface area contributed by atoms with E-state index in [1.807, 2.05) is 0 Å². The lowest BCUT2D eigenvalue weighted by Crippen LogP contribution is -2.08. The molecule has 2 aromatic carbocycles. The van der Waals surface area contributed by atoms with Gasteiger partial charge in [-0.1, -0.05) is 5.22 Å². The number of ether oxygens (including phenoxy) is 1. The molecule has 10 nitrogen and oxygen atoms in total. The maximum absolute atomic E-state index is 13.0. The van der Waals surface area contributed by atoms with Crippen LogP contribution in [0.1, 0.15) is 0 Å². The molecule has 0 aliphatic rings. The first-order valence-electron chi connectivity index (χ1n) is 8.18. The second kappa shape index (κ2) is 7.89. The minimum absolute atomic E-state index is 0.0879. The molecule has 152 valence electrons. The smallest absolute Gasteiger partial charge is 0.446 e. The summed E-state index contributed by atoms with van der Waals surface area (Å²) in [6.45, 7) is 0. The van der Waals surface area contributed by atoms with Crippen molar-refractivity contribution in [3.8, 4) is 22.6 Å². The third-order valence-electron chi connectivity index (χ3n) is 3.77. The fourth-order valence-corrected chi connectivity index (χ4v) is 2.90. The van der Waals surface area contributed by atoms with E-state index in [1.165, 1.54) is 36.6 Å². The molecule has 3 aromatic rings. The monoisotopic (exact) mass is 419 g/mol. The number of fused-ring (bicyclic) bond motifs is 1. The number of rotatable bonds is 6. The Hall–Kier alpha value is -3.44. The van der Waals surface area contributed by atoms with E-state index in [-0.39, 0.29) is 27.7 Å². The summed E-state index contributed by atoms with van der Waals surface area (Å²) >= 11 is 0. The largest absolute Gasteiger partial charge is 0.497 e. The van der Waals surface area contributed by atoms with Gasteiger partial charge in [-0.05, 0) is 24.3 Å². The highest BCUT2D eigenvalue weighted by Gasteiger charge is 2.15. The summed E-state index contributed by atoms with van der Waals surface area (Å²) in [6.07, 6.45) is 1.23. The van der Waals surface area contributed by atoms with Gasteiger partial charge in [-0.3, -0.25) is 14.4 Å². The first kappa shape index (κ1) is 20.3. The zero-order chi connectivity index (χ0) is 21.2. The topological polar surface area (TPSA) is 131 Å². The number of nitrogens with zero attached hydrogens (tertiary/aromatic N) is 3. The van der Waals surface area contributed by atoms with Crippen LogP contribution < -0.4 is 14.3 Å². The summed E-state index contributed by atoms with van der Waals surface area (Å²) in [6, 6.07) is 8.74. The Morgan fingerprint density at radius 1 is 1.07 bits per heavy atom. The van der Waals surface area contributed by atoms with Gasteiger partial charge in [0.25, 0.3) is 0 Å². The normalized spacial score (nSPS) is 11.7. The van der Waals surface area contributed by atoms with Crippen molar-refractivity contribution < 1.29 is 26.3 Å². The van der Waals surface area contributed by atoms with Crippen molar-refractivity contribution >= 4 is 27.1 Å². The highest BCUT2D eigenvalue weighted by molar-refractivity contribution is 7.81. The Morgan fingerprint density at radius 3 is 2.45 bits per heavy atom. The highest BCUT2D eigenvalue weighted by Crippen LogP contribution is 2.33. The lowest BCUT2D eigenvalue weighted by molar-refractivity contribution is 0.387. The van der Waals surface area contributed by atoms with E-state index in [9.17, 15) is 13.2 Å². The zero-order valence-electron chi connectivity index (χ0n) is 15.7. The minimum atomic E-state index is -4.69. The highest BCUT2D eigenvalue weighted by atomic mass is 32.3. The van der Waals surface area contributed by atoms with Crippen LogP contribution in [0.25, 0.3) is 22.1 Å². The fourth-order valence-electron chi connectivity index (χ4n) is 2.55. The summed E-state index contributed by atoms with van der Waals surface area (Å²) in [7, 11) is 0.238. The summed E-state index contributed by atoms with van der Waals surface area (Å²) in [5, 5.41) is 9.80. The Morgan fingerprint density at radius 2 is 1.79 bits per heavy atom. The Bertz CT molecular complexity index is 1250. The predicted octanol–water partition coefficient (Wildman–Crippen LogP) is 3.21. The van der Waals surface area contributed by atoms with Crippen LogP contribution in [0, 0.1) is 0 Å². The average molecular weight is 419 g/mol. The number of hydrogen-bond acceptors (Lipinski definition) is 8. The second-order valence-corrected chi connectivity index (χ2v) is 7.09. The van der Waals surface area contributed by atoms with Gasteiger partial charge in [0.15, 0.2) is 0 Å². The molecule has 0 amide bonds. The Balaban J connectivity index is 2.14. The van der Waals surface area contributed by atoms with Gasteiger partial charge in [0.1, 0.15) is 23.3 Å². The maximum Gasteiger partial charge on any atom is 0.446 e. The van der Waals surface area contributed by atoms with Gasteiger partial charge in [0.2, 0.25) is 5.43 Å². The van der Waals surface area contributed by atoms with Crippen LogP contribution in [0.15, 0.2) is 62.2 Å². The third kappa shape index (κ3) is 4.70. The Labute approximate surface area is 165 Å². The van der Waals surface area contributed by atoms with Crippen LogP contribution in [0.2, 0.25) is 0 Å². The third-order valence-corrected chi connectivity index (χ3v) is 4.18. The summed E-state index contributed by atoms with van der Waals surface area (Å²) in [5.41, 5.74) is 0.832. The average Bonchev–Trinajstić information content (AvgIpc) is 2.65. The molecule has 1 aromatic heterocycles. The van der Waals surface area contributed by atoms with Crippen LogP contribution in [0.4, 0.5) is 5.69 Å². The van der Waals surface area contributed by atoms with Gasteiger partial charge in [-0.25, -0.2) is 0 Å². The molecule has 11 heteroatoms. The number of methoxy groups -OCH3 is 1. The molecule has 29 heavy (non-hydrogen) atoms. The molecule has 0 spiro atoms. The molecular formula is C18H17N3O7S. The first-order chi connectivity index (χ1) is 13.7. The van der Waals surface area contributed by atoms with Gasteiger partial charge in [0, 0.05) is 31.8 Å². The predicted molar refractivity (Wildman–Crippen MR) is 105 cm³/mol. The van der Waals surface area contributed by atoms with Crippen LogP contribution in [0.5, 0.6) is 11.5 Å². The van der Waals surface area contributed by atoms with Crippen LogP contribution in [-0.4, -0.2) is 39.2 Å². The molecular weight excluding hydrogens is 402 g/mol. The van der Waals surface area contributed by atoms with Crippen LogP contribution in [0.3, 0.4) is 0 Å². The van der Waals surface area contributed by atoms with E-state index >= 15 is 0 Å². The molecule has 0 fully saturated rings. The molecule has 0 saturated carbocycles. The second-order valence-electron chi connectivity index (χ2n) is 6.07. The summed E-state index contributed by atoms with van der Waals surface area (Å²) in [5.74, 6) is 0.347. The van der Waals surface area contributed by atoms with E-state index in [0.717, 1.165) is 0 Å². The van der Waals surface area contributed by atoms with Crippen molar-refractivity contribution in [2.75, 3.05) is 21.2 Å². The van der Waals surface area contributed by atoms with Crippen molar-refractivity contribution in [2.45, 2.75) is 0 Å². The summed E-state index contributed by atoms with van der Waals surface area (Å²) < 4.78 is 45.6. The van der Waals surface area contributed by atoms with Gasteiger partial charge in [-0.15, -0.1) is 5.11 Å². The molecule has 3 rings (SSSR count). The fraction of sp³-hybridized carbons (Fsp3) is 0.167. The lowest BCUT2D eigenvalue weighted by Gasteiger charge is -2.09. The molecule has 0 radical (unpaired) electrons. The van der Waals surface area contributed by atoms with Crippen molar-refractivity contribution in [2.24, 2.45) is 10.3 Å². The quantitative estimate of drug-likeness (QED) is 0.366. The molecule has 0 atom stereocenters. The van der Waals surface area contributed by atoms with Crippen LogP contribution >= 0.6 is 0 Å². The lowest BCUT2D eigenvalue weighted by atomic mass is 10.0. The Kier molecular flexibility index (Phi) is 5.52. The maximum atomic E-state index is 13.0. The number of benzene rings is 2. The number of hydrogen-bond donors (Lipinski definition) is 1. The van der Waals surface area contributed by atoms with Gasteiger partial charge in [-0.2, -0.15) is 8.42 Å². The van der Waals surface area contributed by atoms with Crippen molar-refractivity contribution in [3.63, 3.8) is 0 Å². The molecule has 0 bridgehead atoms. The van der Waals surface area contributed by atoms with Gasteiger partial charge in [0.05, 0.1) is 23.7 Å². The van der Waals surface area contributed by atoms with Gasteiger partial charge >= 0.3 is 10.4 Å². The standard InChI is InChI=1S/C18H17N3O7S/c1-21(2)20-19-16-8-11(26-3)4-6-13(16)15-10-27-17-9-12(28-29(23,24)25)5-7-14(17)18(15)22/h4-10H,1-3H3,(H,23,24,25). The van der Waals surface area contributed by atoms with Gasteiger partial charge < -0.3 is 13.3 Å². The van der Waals surface area contributed by atoms with E-state index in [2.05, 4.69) is 14.5 Å². The van der Waals surface area contributed by atoms with E-state index < -0.39 is 10.4 Å².